The molecule has 0 unspecified atom stereocenters. The lowest BCUT2D eigenvalue weighted by atomic mass is 10.0. The highest BCUT2D eigenvalue weighted by Crippen LogP contribution is 2.32. The number of rotatable bonds is 9. The van der Waals surface area contributed by atoms with E-state index in [0.29, 0.717) is 11.3 Å². The molecule has 3 aromatic rings. The number of benzene rings is 2. The number of carbonyl (C=O) groups is 1. The maximum absolute atomic E-state index is 13.6. The van der Waals surface area contributed by atoms with Crippen molar-refractivity contribution in [2.75, 3.05) is 0 Å². The van der Waals surface area contributed by atoms with Gasteiger partial charge in [-0.25, -0.2) is 4.39 Å². The summed E-state index contributed by atoms with van der Waals surface area (Å²) in [6.07, 6.45) is 1.54. The Morgan fingerprint density at radius 1 is 1.13 bits per heavy atom. The maximum atomic E-state index is 13.6. The molecule has 6 heteroatoms. The molecule has 0 amide bonds. The van der Waals surface area contributed by atoms with Gasteiger partial charge in [-0.3, -0.25) is 4.79 Å². The van der Waals surface area contributed by atoms with Gasteiger partial charge in [-0.2, -0.15) is 4.37 Å². The highest BCUT2D eigenvalue weighted by Gasteiger charge is 2.17. The standard InChI is InChI=1S/C24H26FNO3S/c1-4-17-5-8-19(9-6-17)23-20(21(13-25)30-26-23)14-29-24-15(2)11-18(12-16(24)3)7-10-22(27)28/h5-6,8-9,11-12H,4,7,10,13-14H2,1-3H3,(H,27,28). The van der Waals surface area contributed by atoms with Crippen molar-refractivity contribution < 1.29 is 19.0 Å². The third kappa shape index (κ3) is 5.05. The Morgan fingerprint density at radius 3 is 2.37 bits per heavy atom. The van der Waals surface area contributed by atoms with Crippen LogP contribution >= 0.6 is 11.5 Å². The molecule has 3 rings (SSSR count). The van der Waals surface area contributed by atoms with Crippen molar-refractivity contribution in [3.05, 3.63) is 69.1 Å². The third-order valence-electron chi connectivity index (χ3n) is 5.14. The lowest BCUT2D eigenvalue weighted by Crippen LogP contribution is -2.03. The molecule has 1 N–H and O–H groups in total. The van der Waals surface area contributed by atoms with Gasteiger partial charge in [-0.1, -0.05) is 43.3 Å². The Bertz CT molecular complexity index is 1000. The Morgan fingerprint density at radius 2 is 1.80 bits per heavy atom. The molecule has 1 aromatic heterocycles. The van der Waals surface area contributed by atoms with Crippen LogP contribution in [0, 0.1) is 13.8 Å². The van der Waals surface area contributed by atoms with E-state index in [0.717, 1.165) is 45.7 Å². The van der Waals surface area contributed by atoms with E-state index in [1.165, 1.54) is 17.1 Å². The number of aryl methyl sites for hydroxylation is 4. The zero-order valence-corrected chi connectivity index (χ0v) is 18.3. The minimum Gasteiger partial charge on any atom is -0.488 e. The number of hydrogen-bond acceptors (Lipinski definition) is 4. The molecule has 0 spiro atoms. The molecular formula is C24H26FNO3S. The quantitative estimate of drug-likeness (QED) is 0.451. The summed E-state index contributed by atoms with van der Waals surface area (Å²) >= 11 is 1.18. The molecule has 4 nitrogen and oxygen atoms in total. The number of halogens is 1. The fourth-order valence-electron chi connectivity index (χ4n) is 3.53. The minimum absolute atomic E-state index is 0.0969. The fraction of sp³-hybridized carbons (Fsp3) is 0.333. The predicted molar refractivity (Wildman–Crippen MR) is 118 cm³/mol. The average Bonchev–Trinajstić information content (AvgIpc) is 3.14. The van der Waals surface area contributed by atoms with Crippen molar-refractivity contribution >= 4 is 17.5 Å². The van der Waals surface area contributed by atoms with Crippen molar-refractivity contribution in [3.8, 4) is 17.0 Å². The number of hydrogen-bond donors (Lipinski definition) is 1. The van der Waals surface area contributed by atoms with E-state index < -0.39 is 12.6 Å². The third-order valence-corrected chi connectivity index (χ3v) is 5.98. The molecule has 0 bridgehead atoms. The van der Waals surface area contributed by atoms with Gasteiger partial charge in [-0.15, -0.1) is 0 Å². The van der Waals surface area contributed by atoms with Gasteiger partial charge in [0.1, 0.15) is 19.0 Å². The largest absolute Gasteiger partial charge is 0.488 e. The summed E-state index contributed by atoms with van der Waals surface area (Å²) in [7, 11) is 0. The molecule has 0 radical (unpaired) electrons. The van der Waals surface area contributed by atoms with Crippen LogP contribution in [0.15, 0.2) is 36.4 Å². The van der Waals surface area contributed by atoms with Crippen LogP contribution in [0.25, 0.3) is 11.3 Å². The molecule has 30 heavy (non-hydrogen) atoms. The van der Waals surface area contributed by atoms with Crippen LogP contribution in [0.4, 0.5) is 4.39 Å². The van der Waals surface area contributed by atoms with Crippen LogP contribution < -0.4 is 4.74 Å². The first kappa shape index (κ1) is 22.0. The van der Waals surface area contributed by atoms with Gasteiger partial charge in [-0.05, 0) is 60.5 Å². The SMILES string of the molecule is CCc1ccc(-c2nsc(CF)c2COc2c(C)cc(CCC(=O)O)cc2C)cc1. The van der Waals surface area contributed by atoms with Crippen molar-refractivity contribution in [1.82, 2.24) is 4.37 Å². The number of aliphatic carboxylic acids is 1. The second-order valence-electron chi connectivity index (χ2n) is 7.36. The topological polar surface area (TPSA) is 59.4 Å². The van der Waals surface area contributed by atoms with Gasteiger partial charge in [0.25, 0.3) is 0 Å². The molecule has 0 aliphatic heterocycles. The first-order chi connectivity index (χ1) is 14.4. The van der Waals surface area contributed by atoms with Crippen molar-refractivity contribution in [2.45, 2.75) is 53.3 Å². The summed E-state index contributed by atoms with van der Waals surface area (Å²) in [5.74, 6) is -0.0637. The van der Waals surface area contributed by atoms with Crippen molar-refractivity contribution in [2.24, 2.45) is 0 Å². The minimum atomic E-state index is -0.811. The number of ether oxygens (including phenoxy) is 1. The Hall–Kier alpha value is -2.73. The van der Waals surface area contributed by atoms with Crippen LogP contribution in [-0.4, -0.2) is 15.4 Å². The maximum Gasteiger partial charge on any atom is 0.303 e. The molecule has 0 aliphatic rings. The molecular weight excluding hydrogens is 401 g/mol. The molecule has 158 valence electrons. The van der Waals surface area contributed by atoms with Crippen molar-refractivity contribution in [1.29, 1.82) is 0 Å². The zero-order chi connectivity index (χ0) is 21.7. The van der Waals surface area contributed by atoms with Gasteiger partial charge in [0.05, 0.1) is 10.6 Å². The predicted octanol–water partition coefficient (Wildman–Crippen LogP) is 6.06. The number of aromatic nitrogens is 1. The smallest absolute Gasteiger partial charge is 0.303 e. The monoisotopic (exact) mass is 427 g/mol. The highest BCUT2D eigenvalue weighted by molar-refractivity contribution is 7.06. The molecule has 2 aromatic carbocycles. The van der Waals surface area contributed by atoms with Crippen LogP contribution in [0.2, 0.25) is 0 Å². The van der Waals surface area contributed by atoms with Gasteiger partial charge in [0.15, 0.2) is 0 Å². The number of nitrogens with zero attached hydrogens (tertiary/aromatic N) is 1. The Kier molecular flexibility index (Phi) is 7.21. The summed E-state index contributed by atoms with van der Waals surface area (Å²) in [6.45, 7) is 5.65. The van der Waals surface area contributed by atoms with Gasteiger partial charge in [0, 0.05) is 17.5 Å². The molecule has 0 atom stereocenters. The van der Waals surface area contributed by atoms with E-state index in [4.69, 9.17) is 9.84 Å². The number of carboxylic acid groups (broad SMARTS) is 1. The van der Waals surface area contributed by atoms with Gasteiger partial charge in [0.2, 0.25) is 0 Å². The lowest BCUT2D eigenvalue weighted by Gasteiger charge is -2.15. The van der Waals surface area contributed by atoms with E-state index in [2.05, 4.69) is 23.4 Å². The van der Waals surface area contributed by atoms with Gasteiger partial charge < -0.3 is 9.84 Å². The molecule has 0 saturated heterocycles. The normalized spacial score (nSPS) is 10.9. The summed E-state index contributed by atoms with van der Waals surface area (Å²) < 4.78 is 24.2. The second-order valence-corrected chi connectivity index (χ2v) is 8.22. The summed E-state index contributed by atoms with van der Waals surface area (Å²) in [5, 5.41) is 8.90. The Balaban J connectivity index is 1.83. The average molecular weight is 428 g/mol. The van der Waals surface area contributed by atoms with Crippen molar-refractivity contribution in [3.63, 3.8) is 0 Å². The van der Waals surface area contributed by atoms with E-state index in [9.17, 15) is 9.18 Å². The first-order valence-electron chi connectivity index (χ1n) is 10.00. The lowest BCUT2D eigenvalue weighted by molar-refractivity contribution is -0.136. The second kappa shape index (κ2) is 9.85. The number of carboxylic acids is 1. The van der Waals surface area contributed by atoms with E-state index in [1.54, 1.807) is 0 Å². The highest BCUT2D eigenvalue weighted by atomic mass is 32.1. The Labute approximate surface area is 180 Å². The van der Waals surface area contributed by atoms with Crippen LogP contribution in [0.3, 0.4) is 0 Å². The summed E-state index contributed by atoms with van der Waals surface area (Å²) in [4.78, 5) is 11.4. The molecule has 0 fully saturated rings. The van der Waals surface area contributed by atoms with Crippen LogP contribution in [-0.2, 0) is 30.9 Å². The summed E-state index contributed by atoms with van der Waals surface area (Å²) in [5.41, 5.74) is 6.59. The molecule has 1 heterocycles. The van der Waals surface area contributed by atoms with Crippen LogP contribution in [0.1, 0.15) is 46.0 Å². The summed E-state index contributed by atoms with van der Waals surface area (Å²) in [6, 6.07) is 12.1. The molecule has 0 aliphatic carbocycles. The van der Waals surface area contributed by atoms with Gasteiger partial charge >= 0.3 is 5.97 Å². The van der Waals surface area contributed by atoms with Crippen LogP contribution in [0.5, 0.6) is 5.75 Å². The molecule has 0 saturated carbocycles. The fourth-order valence-corrected chi connectivity index (χ4v) is 4.26. The zero-order valence-electron chi connectivity index (χ0n) is 17.5. The van der Waals surface area contributed by atoms with E-state index in [1.807, 2.05) is 38.1 Å². The van der Waals surface area contributed by atoms with E-state index >= 15 is 0 Å². The van der Waals surface area contributed by atoms with E-state index in [-0.39, 0.29) is 13.0 Å². The first-order valence-corrected chi connectivity index (χ1v) is 10.8. The number of alkyl halides is 1.